The Morgan fingerprint density at radius 2 is 2.42 bits per heavy atom. The zero-order valence-corrected chi connectivity index (χ0v) is 7.18. The van der Waals surface area contributed by atoms with Gasteiger partial charge in [0.25, 0.3) is 0 Å². The Balaban J connectivity index is 2.88. The Morgan fingerprint density at radius 1 is 1.75 bits per heavy atom. The lowest BCUT2D eigenvalue weighted by Crippen LogP contribution is -2.06. The Bertz CT molecular complexity index is 291. The van der Waals surface area contributed by atoms with Gasteiger partial charge in [0.2, 0.25) is 0 Å². The molecule has 0 aliphatic heterocycles. The molecule has 0 fully saturated rings. The summed E-state index contributed by atoms with van der Waals surface area (Å²) >= 11 is 0. The van der Waals surface area contributed by atoms with Gasteiger partial charge in [-0.3, -0.25) is 0 Å². The molecule has 66 valence electrons. The maximum atomic E-state index is 11.2. The lowest BCUT2D eigenvalue weighted by Gasteiger charge is -1.99. The number of hydrogen-bond donors (Lipinski definition) is 2. The van der Waals surface area contributed by atoms with E-state index in [1.807, 2.05) is 0 Å². The topological polar surface area (TPSA) is 68.1 Å². The molecule has 0 aliphatic carbocycles. The molecule has 0 atom stereocenters. The molecule has 0 unspecified atom stereocenters. The largest absolute Gasteiger partial charge is 0.461 e. The van der Waals surface area contributed by atoms with Gasteiger partial charge in [0, 0.05) is 11.8 Å². The second-order valence-electron chi connectivity index (χ2n) is 2.46. The first-order chi connectivity index (χ1) is 5.66. The van der Waals surface area contributed by atoms with Gasteiger partial charge < -0.3 is 15.5 Å². The molecule has 0 amide bonds. The van der Waals surface area contributed by atoms with Crippen molar-refractivity contribution in [3.05, 3.63) is 17.5 Å². The summed E-state index contributed by atoms with van der Waals surface area (Å²) in [7, 11) is 0. The Labute approximate surface area is 70.7 Å². The van der Waals surface area contributed by atoms with Crippen LogP contribution in [0, 0.1) is 6.92 Å². The number of nitrogens with one attached hydrogen (secondary N) is 1. The molecule has 0 saturated heterocycles. The number of carbonyl (C=O) groups is 1. The van der Waals surface area contributed by atoms with Gasteiger partial charge in [0.1, 0.15) is 5.69 Å². The number of aromatic nitrogens is 1. The average Bonchev–Trinajstić information content (AvgIpc) is 2.34. The van der Waals surface area contributed by atoms with Gasteiger partial charge in [-0.25, -0.2) is 4.79 Å². The van der Waals surface area contributed by atoms with E-state index in [0.29, 0.717) is 18.0 Å². The summed E-state index contributed by atoms with van der Waals surface area (Å²) in [5.41, 5.74) is 7.30. The number of rotatable bonds is 2. The first-order valence-corrected chi connectivity index (χ1v) is 3.77. The predicted octanol–water partition coefficient (Wildman–Crippen LogP) is 1.08. The first kappa shape index (κ1) is 8.64. The highest BCUT2D eigenvalue weighted by molar-refractivity contribution is 5.90. The molecule has 0 radical (unpaired) electrons. The van der Waals surface area contributed by atoms with E-state index < -0.39 is 0 Å². The van der Waals surface area contributed by atoms with Crippen LogP contribution in [0.3, 0.4) is 0 Å². The number of anilines is 1. The van der Waals surface area contributed by atoms with Crippen molar-refractivity contribution in [2.24, 2.45) is 0 Å². The molecule has 0 saturated carbocycles. The molecule has 3 N–H and O–H groups in total. The number of ether oxygens (including phenoxy) is 1. The van der Waals surface area contributed by atoms with E-state index in [1.54, 1.807) is 20.0 Å². The van der Waals surface area contributed by atoms with Gasteiger partial charge in [-0.15, -0.1) is 0 Å². The molecule has 1 heterocycles. The monoisotopic (exact) mass is 168 g/mol. The summed E-state index contributed by atoms with van der Waals surface area (Å²) in [4.78, 5) is 13.9. The molecule has 1 aromatic heterocycles. The summed E-state index contributed by atoms with van der Waals surface area (Å²) in [5.74, 6) is -0.355. The van der Waals surface area contributed by atoms with Crippen LogP contribution < -0.4 is 5.73 Å². The molecule has 4 heteroatoms. The molecular weight excluding hydrogens is 156 g/mol. The molecule has 4 nitrogen and oxygen atoms in total. The van der Waals surface area contributed by atoms with Gasteiger partial charge in [-0.05, 0) is 13.8 Å². The van der Waals surface area contributed by atoms with E-state index >= 15 is 0 Å². The van der Waals surface area contributed by atoms with Crippen LogP contribution in [-0.2, 0) is 4.74 Å². The molecule has 1 rings (SSSR count). The second kappa shape index (κ2) is 3.30. The molecule has 0 spiro atoms. The summed E-state index contributed by atoms with van der Waals surface area (Å²) < 4.78 is 4.80. The van der Waals surface area contributed by atoms with Crippen LogP contribution in [-0.4, -0.2) is 17.6 Å². The number of carbonyl (C=O) groups excluding carboxylic acids is 1. The summed E-state index contributed by atoms with van der Waals surface area (Å²) in [6.45, 7) is 3.91. The number of hydrogen-bond acceptors (Lipinski definition) is 3. The molecule has 0 aliphatic rings. The third-order valence-corrected chi connectivity index (χ3v) is 1.66. The number of aromatic amines is 1. The zero-order chi connectivity index (χ0) is 9.14. The lowest BCUT2D eigenvalue weighted by atomic mass is 10.2. The number of H-pyrrole nitrogens is 1. The van der Waals surface area contributed by atoms with E-state index in [1.165, 1.54) is 0 Å². The minimum absolute atomic E-state index is 0.355. The normalized spacial score (nSPS) is 9.83. The van der Waals surface area contributed by atoms with Crippen LogP contribution in [0.1, 0.15) is 23.0 Å². The predicted molar refractivity (Wildman–Crippen MR) is 45.9 cm³/mol. The molecule has 0 aromatic carbocycles. The Kier molecular flexibility index (Phi) is 2.38. The molecule has 0 bridgehead atoms. The van der Waals surface area contributed by atoms with E-state index in [-0.39, 0.29) is 5.97 Å². The van der Waals surface area contributed by atoms with Crippen molar-refractivity contribution < 1.29 is 9.53 Å². The highest BCUT2D eigenvalue weighted by atomic mass is 16.5. The van der Waals surface area contributed by atoms with Gasteiger partial charge in [0.15, 0.2) is 0 Å². The van der Waals surface area contributed by atoms with Crippen LogP contribution in [0.15, 0.2) is 6.20 Å². The summed E-state index contributed by atoms with van der Waals surface area (Å²) in [6, 6.07) is 0. The maximum absolute atomic E-state index is 11.2. The van der Waals surface area contributed by atoms with E-state index in [4.69, 9.17) is 10.5 Å². The van der Waals surface area contributed by atoms with Crippen molar-refractivity contribution in [2.45, 2.75) is 13.8 Å². The van der Waals surface area contributed by atoms with Gasteiger partial charge in [-0.1, -0.05) is 0 Å². The van der Waals surface area contributed by atoms with Crippen LogP contribution in [0.25, 0.3) is 0 Å². The quantitative estimate of drug-likeness (QED) is 0.649. The smallest absolute Gasteiger partial charge is 0.355 e. The third-order valence-electron chi connectivity index (χ3n) is 1.66. The highest BCUT2D eigenvalue weighted by Crippen LogP contribution is 2.14. The molecule has 1 aromatic rings. The zero-order valence-electron chi connectivity index (χ0n) is 7.18. The van der Waals surface area contributed by atoms with E-state index in [2.05, 4.69) is 4.98 Å². The van der Waals surface area contributed by atoms with Crippen molar-refractivity contribution >= 4 is 11.7 Å². The molecular formula is C8H12N2O2. The highest BCUT2D eigenvalue weighted by Gasteiger charge is 2.12. The lowest BCUT2D eigenvalue weighted by molar-refractivity contribution is 0.0519. The summed E-state index contributed by atoms with van der Waals surface area (Å²) in [5, 5.41) is 0. The molecule has 12 heavy (non-hydrogen) atoms. The van der Waals surface area contributed by atoms with E-state index in [9.17, 15) is 4.79 Å². The Hall–Kier alpha value is -1.45. The van der Waals surface area contributed by atoms with Gasteiger partial charge in [-0.2, -0.15) is 0 Å². The maximum Gasteiger partial charge on any atom is 0.355 e. The van der Waals surface area contributed by atoms with Crippen molar-refractivity contribution in [1.29, 1.82) is 0 Å². The average molecular weight is 168 g/mol. The van der Waals surface area contributed by atoms with Crippen LogP contribution in [0.2, 0.25) is 0 Å². The minimum Gasteiger partial charge on any atom is -0.461 e. The van der Waals surface area contributed by atoms with Crippen molar-refractivity contribution in [2.75, 3.05) is 12.3 Å². The van der Waals surface area contributed by atoms with Crippen molar-refractivity contribution in [3.8, 4) is 0 Å². The third kappa shape index (κ3) is 1.42. The second-order valence-corrected chi connectivity index (χ2v) is 2.46. The van der Waals surface area contributed by atoms with Crippen LogP contribution in [0.4, 0.5) is 5.69 Å². The first-order valence-electron chi connectivity index (χ1n) is 3.77. The fourth-order valence-corrected chi connectivity index (χ4v) is 0.926. The van der Waals surface area contributed by atoms with E-state index in [0.717, 1.165) is 5.56 Å². The standard InChI is InChI=1S/C8H12N2O2/c1-3-12-8(11)7-5(2)6(9)4-10-7/h4,10H,3,9H2,1-2H3. The fraction of sp³-hybridized carbons (Fsp3) is 0.375. The number of nitrogen functional groups attached to an aromatic ring is 1. The van der Waals surface area contributed by atoms with Gasteiger partial charge in [0.05, 0.1) is 12.3 Å². The van der Waals surface area contributed by atoms with Crippen molar-refractivity contribution in [1.82, 2.24) is 4.98 Å². The Morgan fingerprint density at radius 3 is 2.83 bits per heavy atom. The minimum atomic E-state index is -0.355. The fourth-order valence-electron chi connectivity index (χ4n) is 0.926. The van der Waals surface area contributed by atoms with Crippen molar-refractivity contribution in [3.63, 3.8) is 0 Å². The van der Waals surface area contributed by atoms with Gasteiger partial charge >= 0.3 is 5.97 Å². The number of esters is 1. The SMILES string of the molecule is CCOC(=O)c1[nH]cc(N)c1C. The van der Waals surface area contributed by atoms with Crippen LogP contribution in [0.5, 0.6) is 0 Å². The number of nitrogens with two attached hydrogens (primary N) is 1. The van der Waals surface area contributed by atoms with Crippen LogP contribution >= 0.6 is 0 Å². The summed E-state index contributed by atoms with van der Waals surface area (Å²) in [6.07, 6.45) is 1.58.